The first-order valence-corrected chi connectivity index (χ1v) is 6.61. The Balaban J connectivity index is 2.51. The van der Waals surface area contributed by atoms with Gasteiger partial charge in [-0.1, -0.05) is 51.8 Å². The summed E-state index contributed by atoms with van der Waals surface area (Å²) in [6.07, 6.45) is 1.52. The molecule has 2 aromatic rings. The minimum atomic E-state index is -0.392. The second-order valence-electron chi connectivity index (χ2n) is 3.82. The molecule has 0 heterocycles. The molecule has 0 radical (unpaired) electrons. The van der Waals surface area contributed by atoms with Crippen molar-refractivity contribution >= 4 is 39.3 Å². The highest BCUT2D eigenvalue weighted by atomic mass is 79.9. The van der Waals surface area contributed by atoms with Gasteiger partial charge in [0.05, 0.1) is 10.5 Å². The van der Waals surface area contributed by atoms with Gasteiger partial charge in [-0.15, -0.1) is 0 Å². The maximum absolute atomic E-state index is 11.2. The van der Waals surface area contributed by atoms with E-state index in [1.807, 2.05) is 6.07 Å². The van der Waals surface area contributed by atoms with Crippen LogP contribution in [0.25, 0.3) is 11.8 Å². The van der Waals surface area contributed by atoms with Gasteiger partial charge in [-0.05, 0) is 29.8 Å². The van der Waals surface area contributed by atoms with Crippen LogP contribution in [0, 0.1) is 10.1 Å². The van der Waals surface area contributed by atoms with E-state index < -0.39 is 4.92 Å². The Hall–Kier alpha value is -1.65. The second kappa shape index (κ2) is 5.99. The average Bonchev–Trinajstić information content (AvgIpc) is 2.38. The molecule has 0 amide bonds. The molecule has 2 aromatic carbocycles. The molecule has 5 heteroatoms. The van der Waals surface area contributed by atoms with Gasteiger partial charge in [-0.25, -0.2) is 0 Å². The summed E-state index contributed by atoms with van der Waals surface area (Å²) in [5.74, 6) is 0. The number of hydrogen-bond acceptors (Lipinski definition) is 2. The summed E-state index contributed by atoms with van der Waals surface area (Å²) >= 11 is 9.19. The van der Waals surface area contributed by atoms with Crippen LogP contribution in [-0.2, 0) is 0 Å². The van der Waals surface area contributed by atoms with Gasteiger partial charge in [0, 0.05) is 15.6 Å². The van der Waals surface area contributed by atoms with Crippen molar-refractivity contribution in [3.8, 4) is 0 Å². The zero-order valence-corrected chi connectivity index (χ0v) is 12.1. The highest BCUT2D eigenvalue weighted by molar-refractivity contribution is 9.10. The smallest absolute Gasteiger partial charge is 0.258 e. The van der Waals surface area contributed by atoms with Crippen molar-refractivity contribution in [1.82, 2.24) is 0 Å². The first-order chi connectivity index (χ1) is 9.08. The van der Waals surface area contributed by atoms with Crippen molar-refractivity contribution in [1.29, 1.82) is 0 Å². The van der Waals surface area contributed by atoms with E-state index in [-0.39, 0.29) is 5.70 Å². The molecule has 0 aliphatic rings. The van der Waals surface area contributed by atoms with E-state index in [9.17, 15) is 10.1 Å². The molecule has 0 atom stereocenters. The van der Waals surface area contributed by atoms with Crippen molar-refractivity contribution in [3.63, 3.8) is 0 Å². The lowest BCUT2D eigenvalue weighted by molar-refractivity contribution is -0.374. The quantitative estimate of drug-likeness (QED) is 0.455. The fourth-order valence-corrected chi connectivity index (χ4v) is 2.41. The van der Waals surface area contributed by atoms with Crippen LogP contribution in [0.15, 0.2) is 53.0 Å². The summed E-state index contributed by atoms with van der Waals surface area (Å²) in [6.45, 7) is 0. The van der Waals surface area contributed by atoms with Crippen molar-refractivity contribution in [2.45, 2.75) is 0 Å². The van der Waals surface area contributed by atoms with Crippen LogP contribution in [0.2, 0.25) is 5.02 Å². The van der Waals surface area contributed by atoms with Gasteiger partial charge >= 0.3 is 0 Å². The lowest BCUT2D eigenvalue weighted by Crippen LogP contribution is -1.97. The standard InChI is InChI=1S/C14H9BrClNO2/c15-13-9-12(16)7-6-11(13)8-14(17(18)19)10-4-2-1-3-5-10/h1-9H/b14-8+. The number of nitro groups is 1. The fourth-order valence-electron chi connectivity index (χ4n) is 1.62. The largest absolute Gasteiger partial charge is 0.277 e. The molecule has 0 fully saturated rings. The Bertz CT molecular complexity index is 641. The zero-order chi connectivity index (χ0) is 13.8. The predicted molar refractivity (Wildman–Crippen MR) is 80.5 cm³/mol. The average molecular weight is 339 g/mol. The van der Waals surface area contributed by atoms with E-state index in [1.165, 1.54) is 6.08 Å². The van der Waals surface area contributed by atoms with E-state index in [0.29, 0.717) is 16.1 Å². The van der Waals surface area contributed by atoms with Crippen molar-refractivity contribution in [2.24, 2.45) is 0 Å². The highest BCUT2D eigenvalue weighted by Crippen LogP contribution is 2.26. The molecule has 0 unspecified atom stereocenters. The van der Waals surface area contributed by atoms with E-state index >= 15 is 0 Å². The Morgan fingerprint density at radius 3 is 2.47 bits per heavy atom. The van der Waals surface area contributed by atoms with Gasteiger partial charge in [0.25, 0.3) is 5.70 Å². The molecule has 96 valence electrons. The van der Waals surface area contributed by atoms with Gasteiger partial charge in [-0.3, -0.25) is 10.1 Å². The Labute approximate surface area is 123 Å². The Kier molecular flexibility index (Phi) is 4.35. The lowest BCUT2D eigenvalue weighted by Gasteiger charge is -2.02. The first kappa shape index (κ1) is 13.8. The second-order valence-corrected chi connectivity index (χ2v) is 5.11. The van der Waals surface area contributed by atoms with Crippen LogP contribution >= 0.6 is 27.5 Å². The molecule has 19 heavy (non-hydrogen) atoms. The van der Waals surface area contributed by atoms with Crippen molar-refractivity contribution < 1.29 is 4.92 Å². The Morgan fingerprint density at radius 1 is 1.21 bits per heavy atom. The lowest BCUT2D eigenvalue weighted by atomic mass is 10.1. The monoisotopic (exact) mass is 337 g/mol. The summed E-state index contributed by atoms with van der Waals surface area (Å²) in [5.41, 5.74) is 1.32. The molecule has 0 bridgehead atoms. The van der Waals surface area contributed by atoms with E-state index in [0.717, 1.165) is 4.47 Å². The number of benzene rings is 2. The number of halogens is 2. The van der Waals surface area contributed by atoms with Crippen LogP contribution in [-0.4, -0.2) is 4.92 Å². The van der Waals surface area contributed by atoms with E-state index in [1.54, 1.807) is 42.5 Å². The maximum atomic E-state index is 11.2. The third-order valence-corrected chi connectivity index (χ3v) is 3.44. The van der Waals surface area contributed by atoms with Crippen LogP contribution in [0.5, 0.6) is 0 Å². The summed E-state index contributed by atoms with van der Waals surface area (Å²) in [6, 6.07) is 13.9. The molecule has 0 saturated carbocycles. The number of hydrogen-bond donors (Lipinski definition) is 0. The van der Waals surface area contributed by atoms with Gasteiger partial charge in [0.1, 0.15) is 0 Å². The molecule has 2 rings (SSSR count). The van der Waals surface area contributed by atoms with Gasteiger partial charge in [-0.2, -0.15) is 0 Å². The number of rotatable bonds is 3. The summed E-state index contributed by atoms with van der Waals surface area (Å²) in [7, 11) is 0. The third-order valence-electron chi connectivity index (χ3n) is 2.52. The van der Waals surface area contributed by atoms with E-state index in [2.05, 4.69) is 15.9 Å². The van der Waals surface area contributed by atoms with E-state index in [4.69, 9.17) is 11.6 Å². The molecule has 0 saturated heterocycles. The van der Waals surface area contributed by atoms with Crippen LogP contribution in [0.3, 0.4) is 0 Å². The topological polar surface area (TPSA) is 43.1 Å². The molecule has 0 aromatic heterocycles. The third kappa shape index (κ3) is 3.43. The SMILES string of the molecule is O=[N+]([O-])/C(=C/c1ccc(Cl)cc1Br)c1ccccc1. The predicted octanol–water partition coefficient (Wildman–Crippen LogP) is 4.88. The molecule has 0 spiro atoms. The van der Waals surface area contributed by atoms with Crippen LogP contribution in [0.1, 0.15) is 11.1 Å². The molecule has 0 aliphatic carbocycles. The Morgan fingerprint density at radius 2 is 1.89 bits per heavy atom. The van der Waals surface area contributed by atoms with Crippen LogP contribution < -0.4 is 0 Å². The van der Waals surface area contributed by atoms with Crippen LogP contribution in [0.4, 0.5) is 0 Å². The first-order valence-electron chi connectivity index (χ1n) is 5.44. The molecular formula is C14H9BrClNO2. The minimum Gasteiger partial charge on any atom is -0.258 e. The molecular weight excluding hydrogens is 330 g/mol. The fraction of sp³-hybridized carbons (Fsp3) is 0. The summed E-state index contributed by atoms with van der Waals surface area (Å²) in [4.78, 5) is 10.8. The summed E-state index contributed by atoms with van der Waals surface area (Å²) < 4.78 is 0.718. The summed E-state index contributed by atoms with van der Waals surface area (Å²) in [5, 5.41) is 11.8. The van der Waals surface area contributed by atoms with Gasteiger partial charge in [0.2, 0.25) is 0 Å². The van der Waals surface area contributed by atoms with Crippen molar-refractivity contribution in [2.75, 3.05) is 0 Å². The minimum absolute atomic E-state index is 0.0450. The highest BCUT2D eigenvalue weighted by Gasteiger charge is 2.14. The van der Waals surface area contributed by atoms with Gasteiger partial charge in [0.15, 0.2) is 0 Å². The number of nitrogens with zero attached hydrogens (tertiary/aromatic N) is 1. The molecule has 3 nitrogen and oxygen atoms in total. The maximum Gasteiger partial charge on any atom is 0.277 e. The molecule has 0 N–H and O–H groups in total. The van der Waals surface area contributed by atoms with Gasteiger partial charge < -0.3 is 0 Å². The molecule has 0 aliphatic heterocycles. The zero-order valence-electron chi connectivity index (χ0n) is 9.72. The normalized spacial score (nSPS) is 11.4. The van der Waals surface area contributed by atoms with Crippen molar-refractivity contribution in [3.05, 3.63) is 79.3 Å².